The number of non-ortho nitro benzene ring substituents is 1. The zero-order valence-electron chi connectivity index (χ0n) is 14.4. The second kappa shape index (κ2) is 7.52. The zero-order chi connectivity index (χ0) is 19.4. The maximum absolute atomic E-state index is 12.1. The maximum atomic E-state index is 12.1. The highest BCUT2D eigenvalue weighted by atomic mass is 16.6. The quantitative estimate of drug-likeness (QED) is 0.388. The molecule has 1 heterocycles. The van der Waals surface area contributed by atoms with Crippen molar-refractivity contribution < 1.29 is 14.4 Å². The van der Waals surface area contributed by atoms with Gasteiger partial charge in [-0.3, -0.25) is 25.1 Å². The number of methoxy groups -OCH3 is 2. The largest absolute Gasteiger partial charge is 0.493 e. The van der Waals surface area contributed by atoms with Crippen LogP contribution in [0.1, 0.15) is 0 Å². The lowest BCUT2D eigenvalue weighted by molar-refractivity contribution is -0.384. The van der Waals surface area contributed by atoms with Crippen LogP contribution in [0.2, 0.25) is 0 Å². The summed E-state index contributed by atoms with van der Waals surface area (Å²) in [4.78, 5) is 22.4. The lowest BCUT2D eigenvalue weighted by atomic mass is 10.1. The molecule has 0 fully saturated rings. The van der Waals surface area contributed by atoms with Crippen LogP contribution in [0.3, 0.4) is 0 Å². The second-order valence-corrected chi connectivity index (χ2v) is 5.35. The summed E-state index contributed by atoms with van der Waals surface area (Å²) >= 11 is 0. The van der Waals surface area contributed by atoms with Gasteiger partial charge in [0.1, 0.15) is 0 Å². The molecule has 10 nitrogen and oxygen atoms in total. The van der Waals surface area contributed by atoms with Crippen LogP contribution >= 0.6 is 0 Å². The van der Waals surface area contributed by atoms with E-state index in [1.807, 2.05) is 0 Å². The van der Waals surface area contributed by atoms with Gasteiger partial charge in [-0.05, 0) is 24.3 Å². The van der Waals surface area contributed by atoms with Gasteiger partial charge in [0, 0.05) is 17.7 Å². The van der Waals surface area contributed by atoms with Crippen molar-refractivity contribution >= 4 is 17.1 Å². The third kappa shape index (κ3) is 3.68. The van der Waals surface area contributed by atoms with E-state index < -0.39 is 10.5 Å². The van der Waals surface area contributed by atoms with Crippen molar-refractivity contribution in [2.75, 3.05) is 14.2 Å². The summed E-state index contributed by atoms with van der Waals surface area (Å²) < 4.78 is 10.5. The predicted molar refractivity (Wildman–Crippen MR) is 97.2 cm³/mol. The highest BCUT2D eigenvalue weighted by molar-refractivity contribution is 5.73. The minimum absolute atomic E-state index is 0.0359. The summed E-state index contributed by atoms with van der Waals surface area (Å²) in [6, 6.07) is 10.8. The van der Waals surface area contributed by atoms with Gasteiger partial charge in [0.25, 0.3) is 11.2 Å². The van der Waals surface area contributed by atoms with Gasteiger partial charge in [0.15, 0.2) is 17.2 Å². The topological polar surface area (TPSA) is 135 Å². The molecule has 27 heavy (non-hydrogen) atoms. The molecule has 2 N–H and O–H groups in total. The Bertz CT molecular complexity index is 1070. The second-order valence-electron chi connectivity index (χ2n) is 5.35. The average Bonchev–Trinajstić information content (AvgIpc) is 3.06. The molecule has 0 radical (unpaired) electrons. The van der Waals surface area contributed by atoms with Crippen LogP contribution < -0.4 is 15.0 Å². The van der Waals surface area contributed by atoms with Crippen LogP contribution in [0, 0.1) is 10.1 Å². The number of benzene rings is 2. The van der Waals surface area contributed by atoms with E-state index in [2.05, 4.69) is 20.4 Å². The van der Waals surface area contributed by atoms with E-state index in [1.165, 1.54) is 32.4 Å². The number of hydrogen-bond acceptors (Lipinski definition) is 7. The van der Waals surface area contributed by atoms with E-state index in [1.54, 1.807) is 24.3 Å². The summed E-state index contributed by atoms with van der Waals surface area (Å²) in [5.41, 5.74) is 0.717. The van der Waals surface area contributed by atoms with Crippen LogP contribution in [0.15, 0.2) is 57.5 Å². The number of aromatic nitrogens is 2. The molecule has 2 aromatic carbocycles. The fraction of sp³-hybridized carbons (Fsp3) is 0.118. The number of nitro benzene ring substituents is 1. The molecular weight excluding hydrogens is 354 g/mol. The molecule has 0 amide bonds. The Morgan fingerprint density at radius 3 is 2.48 bits per heavy atom. The fourth-order valence-electron chi connectivity index (χ4n) is 2.42. The van der Waals surface area contributed by atoms with Crippen molar-refractivity contribution in [3.8, 4) is 22.8 Å². The number of ether oxygens (including phenoxy) is 2. The van der Waals surface area contributed by atoms with E-state index in [9.17, 15) is 14.9 Å². The van der Waals surface area contributed by atoms with Crippen molar-refractivity contribution in [2.24, 2.45) is 10.2 Å². The lowest BCUT2D eigenvalue weighted by Crippen LogP contribution is -1.96. The number of nitrogens with one attached hydrogen (secondary N) is 2. The SMILES string of the molecule is COc1ccc(-c2[nH][nH]c(=O)c2N=Nc2cccc([N+](=O)[O-])c2)cc1OC. The number of H-pyrrole nitrogens is 2. The Balaban J connectivity index is 2.00. The molecule has 0 bridgehead atoms. The van der Waals surface area contributed by atoms with E-state index in [0.29, 0.717) is 22.8 Å². The molecule has 0 spiro atoms. The summed E-state index contributed by atoms with van der Waals surface area (Å²) in [6.45, 7) is 0. The first-order valence-electron chi connectivity index (χ1n) is 7.72. The summed E-state index contributed by atoms with van der Waals surface area (Å²) in [5, 5.41) is 24.0. The summed E-state index contributed by atoms with van der Waals surface area (Å²) in [5.74, 6) is 1.03. The van der Waals surface area contributed by atoms with Gasteiger partial charge in [-0.2, -0.15) is 5.11 Å². The Morgan fingerprint density at radius 1 is 1.00 bits per heavy atom. The van der Waals surface area contributed by atoms with Crippen LogP contribution in [-0.2, 0) is 0 Å². The molecule has 138 valence electrons. The number of aromatic amines is 2. The lowest BCUT2D eigenvalue weighted by Gasteiger charge is -2.08. The van der Waals surface area contributed by atoms with Gasteiger partial charge >= 0.3 is 0 Å². The average molecular weight is 369 g/mol. The van der Waals surface area contributed by atoms with Crippen molar-refractivity contribution in [3.63, 3.8) is 0 Å². The van der Waals surface area contributed by atoms with Crippen molar-refractivity contribution in [1.29, 1.82) is 0 Å². The fourth-order valence-corrected chi connectivity index (χ4v) is 2.42. The van der Waals surface area contributed by atoms with Crippen LogP contribution in [0.25, 0.3) is 11.3 Å². The Hall–Kier alpha value is -3.95. The van der Waals surface area contributed by atoms with Crippen molar-refractivity contribution in [2.45, 2.75) is 0 Å². The smallest absolute Gasteiger partial charge is 0.292 e. The van der Waals surface area contributed by atoms with Gasteiger partial charge < -0.3 is 9.47 Å². The van der Waals surface area contributed by atoms with Crippen molar-refractivity contribution in [3.05, 3.63) is 62.9 Å². The highest BCUT2D eigenvalue weighted by Gasteiger charge is 2.14. The maximum Gasteiger partial charge on any atom is 0.292 e. The first-order valence-corrected chi connectivity index (χ1v) is 7.72. The minimum Gasteiger partial charge on any atom is -0.493 e. The molecular formula is C17H15N5O5. The summed E-state index contributed by atoms with van der Waals surface area (Å²) in [7, 11) is 3.03. The van der Waals surface area contributed by atoms with Crippen LogP contribution in [0.4, 0.5) is 17.1 Å². The van der Waals surface area contributed by atoms with E-state index in [4.69, 9.17) is 9.47 Å². The van der Waals surface area contributed by atoms with Crippen molar-refractivity contribution in [1.82, 2.24) is 10.2 Å². The summed E-state index contributed by atoms with van der Waals surface area (Å²) in [6.07, 6.45) is 0. The monoisotopic (exact) mass is 369 g/mol. The third-order valence-electron chi connectivity index (χ3n) is 3.73. The van der Waals surface area contributed by atoms with E-state index in [-0.39, 0.29) is 17.1 Å². The van der Waals surface area contributed by atoms with E-state index >= 15 is 0 Å². The molecule has 0 atom stereocenters. The molecule has 1 aromatic heterocycles. The molecule has 10 heteroatoms. The minimum atomic E-state index is -0.531. The van der Waals surface area contributed by atoms with Gasteiger partial charge in [-0.15, -0.1) is 5.11 Å². The number of nitrogens with zero attached hydrogens (tertiary/aromatic N) is 3. The first kappa shape index (κ1) is 17.9. The predicted octanol–water partition coefficient (Wildman–Crippen LogP) is 3.71. The van der Waals surface area contributed by atoms with Crippen LogP contribution in [-0.4, -0.2) is 29.3 Å². The van der Waals surface area contributed by atoms with Gasteiger partial charge in [-0.25, -0.2) is 0 Å². The number of rotatable bonds is 6. The van der Waals surface area contributed by atoms with Gasteiger partial charge in [0.05, 0.1) is 30.5 Å². The first-order chi connectivity index (χ1) is 13.0. The molecule has 0 aliphatic rings. The number of hydrogen-bond donors (Lipinski definition) is 2. The zero-order valence-corrected chi connectivity index (χ0v) is 14.4. The molecule has 3 aromatic rings. The molecule has 0 saturated carbocycles. The molecule has 0 aliphatic heterocycles. The molecule has 0 aliphatic carbocycles. The van der Waals surface area contributed by atoms with Gasteiger partial charge in [0.2, 0.25) is 0 Å². The number of nitro groups is 1. The van der Waals surface area contributed by atoms with Gasteiger partial charge in [-0.1, -0.05) is 6.07 Å². The molecule has 0 unspecified atom stereocenters. The Labute approximate surface area is 152 Å². The van der Waals surface area contributed by atoms with Crippen LogP contribution in [0.5, 0.6) is 11.5 Å². The Morgan fingerprint density at radius 2 is 1.78 bits per heavy atom. The van der Waals surface area contributed by atoms with E-state index in [0.717, 1.165) is 0 Å². The Kier molecular flexibility index (Phi) is 4.97. The molecule has 0 saturated heterocycles. The standard InChI is InChI=1S/C17H15N5O5/c1-26-13-7-6-10(8-14(13)27-2)15-16(17(23)21-19-15)20-18-11-4-3-5-12(9-11)22(24)25/h3-9H,1-2H3,(H2,19,21,23). The molecule has 3 rings (SSSR count). The third-order valence-corrected chi connectivity index (χ3v) is 3.73. The number of azo groups is 1. The highest BCUT2D eigenvalue weighted by Crippen LogP contribution is 2.34. The normalized spacial score (nSPS) is 10.9.